The van der Waals surface area contributed by atoms with Gasteiger partial charge in [0.2, 0.25) is 0 Å². The quantitative estimate of drug-likeness (QED) is 0.125. The first kappa shape index (κ1) is 46.5. The van der Waals surface area contributed by atoms with Crippen molar-refractivity contribution in [1.82, 2.24) is 0 Å². The zero-order valence-corrected chi connectivity index (χ0v) is 43.0. The minimum atomic E-state index is -0.472. The molecule has 0 unspecified atom stereocenters. The zero-order valence-electron chi connectivity index (χ0n) is 43.0. The molecule has 0 spiro atoms. The first-order valence-electron chi connectivity index (χ1n) is 27.0. The van der Waals surface area contributed by atoms with Crippen LogP contribution in [0.15, 0.2) is 322 Å². The van der Waals surface area contributed by atoms with E-state index in [0.717, 1.165) is 33.8 Å². The molecule has 0 radical (unpaired) electrons. The van der Waals surface area contributed by atoms with Crippen LogP contribution in [0.2, 0.25) is 0 Å². The third-order valence-corrected chi connectivity index (χ3v) is 15.9. The predicted molar refractivity (Wildman–Crippen MR) is 329 cm³/mol. The summed E-state index contributed by atoms with van der Waals surface area (Å²) < 4.78 is 0. The van der Waals surface area contributed by atoms with E-state index in [0.29, 0.717) is 0 Å². The second-order valence-electron chi connectivity index (χ2n) is 20.4. The average Bonchev–Trinajstić information content (AvgIpc) is 3.80. The molecule has 1 heteroatoms. The standard InChI is InChI=1S/C77H53N/c1-5-19-54(20-6-1)65-51-66(55-21-7-2-8-22-55)53-71(52-65)78(69-45-41-58(42-46-69)57-35-37-59(38-36-57)62-25-17-26-63(49-62)64-40-39-56-23-13-14-24-61(56)50-64)70-47-43-60(44-48-70)72-32-18-34-75-76(72)73-31-15-16-33-74(73)77(75,67-27-9-3-10-28-67)68-29-11-4-12-30-68/h1-53H. The largest absolute Gasteiger partial charge is 0.310 e. The van der Waals surface area contributed by atoms with Crippen molar-refractivity contribution in [2.75, 3.05) is 4.90 Å². The molecule has 0 saturated carbocycles. The molecular formula is C77H53N. The van der Waals surface area contributed by atoms with Crippen LogP contribution >= 0.6 is 0 Å². The molecular weight excluding hydrogens is 939 g/mol. The summed E-state index contributed by atoms with van der Waals surface area (Å²) in [5.74, 6) is 0. The van der Waals surface area contributed by atoms with Crippen LogP contribution in [0.25, 0.3) is 88.7 Å². The van der Waals surface area contributed by atoms with E-state index < -0.39 is 5.41 Å². The molecule has 0 bridgehead atoms. The van der Waals surface area contributed by atoms with Crippen LogP contribution in [0.3, 0.4) is 0 Å². The Morgan fingerprint density at radius 2 is 0.590 bits per heavy atom. The summed E-state index contributed by atoms with van der Waals surface area (Å²) in [6, 6.07) is 118. The van der Waals surface area contributed by atoms with Crippen LogP contribution in [-0.2, 0) is 5.41 Å². The number of hydrogen-bond donors (Lipinski definition) is 0. The van der Waals surface area contributed by atoms with Gasteiger partial charge >= 0.3 is 0 Å². The first-order chi connectivity index (χ1) is 38.7. The van der Waals surface area contributed by atoms with Gasteiger partial charge in [0.1, 0.15) is 0 Å². The van der Waals surface area contributed by atoms with Crippen molar-refractivity contribution in [2.45, 2.75) is 5.41 Å². The molecule has 1 nitrogen and oxygen atoms in total. The summed E-state index contributed by atoms with van der Waals surface area (Å²) in [6.07, 6.45) is 0. The van der Waals surface area contributed by atoms with Crippen molar-refractivity contribution in [1.29, 1.82) is 0 Å². The zero-order chi connectivity index (χ0) is 51.8. The number of rotatable bonds is 11. The molecule has 13 aromatic rings. The second kappa shape index (κ2) is 19.9. The Hall–Kier alpha value is -10.1. The van der Waals surface area contributed by atoms with Gasteiger partial charge < -0.3 is 4.90 Å². The van der Waals surface area contributed by atoms with Crippen molar-refractivity contribution in [3.63, 3.8) is 0 Å². The average molecular weight is 992 g/mol. The molecule has 0 atom stereocenters. The Morgan fingerprint density at radius 1 is 0.205 bits per heavy atom. The van der Waals surface area contributed by atoms with Crippen LogP contribution in [0.1, 0.15) is 22.3 Å². The number of fused-ring (bicyclic) bond motifs is 4. The van der Waals surface area contributed by atoms with Gasteiger partial charge in [-0.05, 0) is 166 Å². The van der Waals surface area contributed by atoms with Crippen molar-refractivity contribution in [3.8, 4) is 77.9 Å². The second-order valence-corrected chi connectivity index (χ2v) is 20.4. The van der Waals surface area contributed by atoms with Gasteiger partial charge in [-0.3, -0.25) is 0 Å². The molecule has 14 rings (SSSR count). The van der Waals surface area contributed by atoms with Gasteiger partial charge in [0.25, 0.3) is 0 Å². The van der Waals surface area contributed by atoms with Gasteiger partial charge in [0, 0.05) is 17.1 Å². The van der Waals surface area contributed by atoms with Crippen molar-refractivity contribution in [3.05, 3.63) is 344 Å². The highest BCUT2D eigenvalue weighted by molar-refractivity contribution is 5.96. The summed E-state index contributed by atoms with van der Waals surface area (Å²) in [5.41, 5.74) is 24.7. The lowest BCUT2D eigenvalue weighted by atomic mass is 9.67. The van der Waals surface area contributed by atoms with Gasteiger partial charge in [-0.25, -0.2) is 0 Å². The summed E-state index contributed by atoms with van der Waals surface area (Å²) in [5, 5.41) is 2.51. The molecule has 0 aliphatic heterocycles. The van der Waals surface area contributed by atoms with Gasteiger partial charge in [-0.2, -0.15) is 0 Å². The monoisotopic (exact) mass is 991 g/mol. The summed E-state index contributed by atoms with van der Waals surface area (Å²) in [4.78, 5) is 2.42. The van der Waals surface area contributed by atoms with Crippen LogP contribution in [-0.4, -0.2) is 0 Å². The Morgan fingerprint density at radius 3 is 1.19 bits per heavy atom. The third-order valence-electron chi connectivity index (χ3n) is 15.9. The van der Waals surface area contributed by atoms with E-state index in [1.807, 2.05) is 0 Å². The number of anilines is 3. The number of hydrogen-bond acceptors (Lipinski definition) is 1. The van der Waals surface area contributed by atoms with Crippen LogP contribution in [0, 0.1) is 0 Å². The summed E-state index contributed by atoms with van der Waals surface area (Å²) in [6.45, 7) is 0. The normalized spacial score (nSPS) is 12.2. The first-order valence-corrected chi connectivity index (χ1v) is 27.0. The molecule has 366 valence electrons. The maximum atomic E-state index is 2.42. The third kappa shape index (κ3) is 8.30. The minimum Gasteiger partial charge on any atom is -0.310 e. The minimum absolute atomic E-state index is 0.472. The van der Waals surface area contributed by atoms with E-state index in [1.165, 1.54) is 94.2 Å². The van der Waals surface area contributed by atoms with E-state index in [2.05, 4.69) is 326 Å². The van der Waals surface area contributed by atoms with E-state index in [1.54, 1.807) is 0 Å². The molecule has 1 aliphatic rings. The molecule has 0 aromatic heterocycles. The Kier molecular flexibility index (Phi) is 11.8. The van der Waals surface area contributed by atoms with Gasteiger partial charge in [-0.1, -0.05) is 267 Å². The molecule has 0 heterocycles. The Balaban J connectivity index is 0.855. The Labute approximate surface area is 457 Å². The number of nitrogens with zero attached hydrogens (tertiary/aromatic N) is 1. The van der Waals surface area contributed by atoms with E-state index in [-0.39, 0.29) is 0 Å². The smallest absolute Gasteiger partial charge is 0.0713 e. The lowest BCUT2D eigenvalue weighted by molar-refractivity contribution is 0.768. The van der Waals surface area contributed by atoms with Gasteiger partial charge in [0.15, 0.2) is 0 Å². The van der Waals surface area contributed by atoms with Crippen molar-refractivity contribution >= 4 is 27.8 Å². The predicted octanol–water partition coefficient (Wildman–Crippen LogP) is 20.7. The van der Waals surface area contributed by atoms with Crippen molar-refractivity contribution < 1.29 is 0 Å². The lowest BCUT2D eigenvalue weighted by Crippen LogP contribution is -2.28. The van der Waals surface area contributed by atoms with E-state index in [9.17, 15) is 0 Å². The fourth-order valence-corrected chi connectivity index (χ4v) is 12.2. The molecule has 13 aromatic carbocycles. The SMILES string of the molecule is c1ccc(-c2cc(-c3ccccc3)cc(N(c3ccc(-c4ccc(-c5cccc(-c6ccc7ccccc7c6)c5)cc4)cc3)c3ccc(-c4cccc5c4-c4ccccc4C5(c4ccccc4)c4ccccc4)cc3)c2)cc1. The fourth-order valence-electron chi connectivity index (χ4n) is 12.2. The summed E-state index contributed by atoms with van der Waals surface area (Å²) >= 11 is 0. The topological polar surface area (TPSA) is 3.24 Å². The van der Waals surface area contributed by atoms with Crippen molar-refractivity contribution in [2.24, 2.45) is 0 Å². The molecule has 0 saturated heterocycles. The molecule has 0 N–H and O–H groups in total. The highest BCUT2D eigenvalue weighted by atomic mass is 15.1. The van der Waals surface area contributed by atoms with E-state index in [4.69, 9.17) is 0 Å². The Bertz CT molecular complexity index is 4160. The maximum Gasteiger partial charge on any atom is 0.0713 e. The molecule has 0 fully saturated rings. The fraction of sp³-hybridized carbons (Fsp3) is 0.0130. The highest BCUT2D eigenvalue weighted by Crippen LogP contribution is 2.58. The van der Waals surface area contributed by atoms with Crippen LogP contribution in [0.5, 0.6) is 0 Å². The number of benzene rings is 13. The van der Waals surface area contributed by atoms with E-state index >= 15 is 0 Å². The molecule has 1 aliphatic carbocycles. The lowest BCUT2D eigenvalue weighted by Gasteiger charge is -2.34. The van der Waals surface area contributed by atoms with Gasteiger partial charge in [0.05, 0.1) is 5.41 Å². The highest BCUT2D eigenvalue weighted by Gasteiger charge is 2.46. The van der Waals surface area contributed by atoms with Gasteiger partial charge in [-0.15, -0.1) is 0 Å². The molecule has 78 heavy (non-hydrogen) atoms. The summed E-state index contributed by atoms with van der Waals surface area (Å²) in [7, 11) is 0. The molecule has 0 amide bonds. The van der Waals surface area contributed by atoms with Crippen LogP contribution < -0.4 is 4.90 Å². The van der Waals surface area contributed by atoms with Crippen LogP contribution in [0.4, 0.5) is 17.1 Å². The maximum absolute atomic E-state index is 2.42.